The number of aromatic nitrogens is 3. The average Bonchev–Trinajstić information content (AvgIpc) is 3.06. The Kier molecular flexibility index (Phi) is 3.90. The number of hydrogen-bond acceptors (Lipinski definition) is 5. The van der Waals surface area contributed by atoms with Gasteiger partial charge >= 0.3 is 0 Å². The van der Waals surface area contributed by atoms with E-state index in [-0.39, 0.29) is 6.61 Å². The fourth-order valence-electron chi connectivity index (χ4n) is 2.38. The summed E-state index contributed by atoms with van der Waals surface area (Å²) in [4.78, 5) is 5.84. The number of aliphatic hydroxyl groups is 1. The zero-order chi connectivity index (χ0) is 14.8. The Hall–Kier alpha value is -1.92. The van der Waals surface area contributed by atoms with Gasteiger partial charge in [-0.3, -0.25) is 0 Å². The van der Waals surface area contributed by atoms with Crippen molar-refractivity contribution in [3.63, 3.8) is 0 Å². The third-order valence-electron chi connectivity index (χ3n) is 3.30. The number of thiophene rings is 1. The first-order valence-electron chi connectivity index (χ1n) is 6.96. The van der Waals surface area contributed by atoms with Gasteiger partial charge in [-0.15, -0.1) is 11.3 Å². The van der Waals surface area contributed by atoms with Crippen molar-refractivity contribution in [3.05, 3.63) is 35.0 Å². The van der Waals surface area contributed by atoms with Gasteiger partial charge in [-0.1, -0.05) is 6.07 Å². The summed E-state index contributed by atoms with van der Waals surface area (Å²) in [5.41, 5.74) is 3.90. The number of anilines is 1. The fourth-order valence-corrected chi connectivity index (χ4v) is 3.19. The van der Waals surface area contributed by atoms with Crippen molar-refractivity contribution >= 4 is 22.8 Å². The average molecular weight is 302 g/mol. The van der Waals surface area contributed by atoms with Gasteiger partial charge in [0.1, 0.15) is 5.82 Å². The summed E-state index contributed by atoms with van der Waals surface area (Å²) in [6.45, 7) is 4.88. The van der Waals surface area contributed by atoms with E-state index in [0.717, 1.165) is 28.4 Å². The maximum absolute atomic E-state index is 8.91. The number of aliphatic hydroxyl groups excluding tert-OH is 1. The number of nitrogens with zero attached hydrogens (tertiary/aromatic N) is 3. The second kappa shape index (κ2) is 5.83. The molecule has 21 heavy (non-hydrogen) atoms. The summed E-state index contributed by atoms with van der Waals surface area (Å²) in [7, 11) is 0. The second-order valence-electron chi connectivity index (χ2n) is 4.96. The number of fused-ring (bicyclic) bond motifs is 1. The van der Waals surface area contributed by atoms with Crippen LogP contribution >= 0.6 is 11.3 Å². The van der Waals surface area contributed by atoms with Crippen molar-refractivity contribution in [2.24, 2.45) is 0 Å². The first kappa shape index (κ1) is 14.0. The molecule has 110 valence electrons. The van der Waals surface area contributed by atoms with Crippen molar-refractivity contribution in [2.45, 2.75) is 20.3 Å². The van der Waals surface area contributed by atoms with Gasteiger partial charge < -0.3 is 10.4 Å². The second-order valence-corrected chi connectivity index (χ2v) is 5.91. The summed E-state index contributed by atoms with van der Waals surface area (Å²) in [6.07, 6.45) is 0.709. The molecular weight excluding hydrogens is 284 g/mol. The van der Waals surface area contributed by atoms with Crippen LogP contribution in [0.2, 0.25) is 0 Å². The van der Waals surface area contributed by atoms with Crippen LogP contribution in [0.3, 0.4) is 0 Å². The molecule has 0 fully saturated rings. The predicted octanol–water partition coefficient (Wildman–Crippen LogP) is 2.87. The molecule has 5 nitrogen and oxygen atoms in total. The van der Waals surface area contributed by atoms with E-state index < -0.39 is 0 Å². The molecule has 3 aromatic rings. The molecule has 0 aromatic carbocycles. The Balaban J connectivity index is 2.12. The van der Waals surface area contributed by atoms with E-state index in [0.29, 0.717) is 13.0 Å². The maximum Gasteiger partial charge on any atom is 0.166 e. The molecule has 0 spiro atoms. The first-order chi connectivity index (χ1) is 10.2. The van der Waals surface area contributed by atoms with Crippen molar-refractivity contribution in [1.29, 1.82) is 0 Å². The lowest BCUT2D eigenvalue weighted by molar-refractivity contribution is 0.292. The van der Waals surface area contributed by atoms with E-state index in [1.54, 1.807) is 11.3 Å². The molecule has 0 saturated carbocycles. The molecule has 0 unspecified atom stereocenters. The lowest BCUT2D eigenvalue weighted by atomic mass is 10.2. The molecule has 3 rings (SSSR count). The van der Waals surface area contributed by atoms with Crippen LogP contribution in [-0.2, 0) is 0 Å². The Labute approximate surface area is 127 Å². The minimum atomic E-state index is 0.179. The van der Waals surface area contributed by atoms with Crippen LogP contribution in [0.15, 0.2) is 23.6 Å². The van der Waals surface area contributed by atoms with Crippen LogP contribution in [0.5, 0.6) is 0 Å². The van der Waals surface area contributed by atoms with Crippen molar-refractivity contribution in [1.82, 2.24) is 14.6 Å². The summed E-state index contributed by atoms with van der Waals surface area (Å²) in [5.74, 6) is 0.914. The summed E-state index contributed by atoms with van der Waals surface area (Å²) in [6, 6.07) is 6.12. The minimum absolute atomic E-state index is 0.179. The Bertz CT molecular complexity index is 749. The molecule has 2 N–H and O–H groups in total. The minimum Gasteiger partial charge on any atom is -0.396 e. The SMILES string of the molecule is Cc1cc(NCCCO)n2nc(C)c(-c3cccs3)c2n1. The van der Waals surface area contributed by atoms with Crippen LogP contribution in [0.1, 0.15) is 17.8 Å². The van der Waals surface area contributed by atoms with Gasteiger partial charge in [0.15, 0.2) is 5.65 Å². The van der Waals surface area contributed by atoms with Gasteiger partial charge in [-0.2, -0.15) is 9.61 Å². The topological polar surface area (TPSA) is 62.5 Å². The quantitative estimate of drug-likeness (QED) is 0.711. The van der Waals surface area contributed by atoms with E-state index in [1.807, 2.05) is 30.5 Å². The lowest BCUT2D eigenvalue weighted by Gasteiger charge is -2.08. The van der Waals surface area contributed by atoms with Crippen LogP contribution in [0.4, 0.5) is 5.82 Å². The smallest absolute Gasteiger partial charge is 0.166 e. The monoisotopic (exact) mass is 302 g/mol. The Morgan fingerprint density at radius 2 is 2.24 bits per heavy atom. The first-order valence-corrected chi connectivity index (χ1v) is 7.84. The van der Waals surface area contributed by atoms with E-state index in [9.17, 15) is 0 Å². The zero-order valence-electron chi connectivity index (χ0n) is 12.1. The van der Waals surface area contributed by atoms with Crippen molar-refractivity contribution in [3.8, 4) is 10.4 Å². The zero-order valence-corrected chi connectivity index (χ0v) is 12.9. The molecule has 0 aliphatic rings. The molecule has 0 saturated heterocycles. The molecule has 0 bridgehead atoms. The summed E-state index contributed by atoms with van der Waals surface area (Å²) < 4.78 is 1.86. The molecule has 0 amide bonds. The van der Waals surface area contributed by atoms with Gasteiger partial charge in [-0.25, -0.2) is 4.98 Å². The molecule has 6 heteroatoms. The van der Waals surface area contributed by atoms with Crippen molar-refractivity contribution in [2.75, 3.05) is 18.5 Å². The number of hydrogen-bond donors (Lipinski definition) is 2. The standard InChI is InChI=1S/C15H18N4OS/c1-10-9-13(16-6-4-7-20)19-15(17-10)14(11(2)18-19)12-5-3-8-21-12/h3,5,8-9,16,20H,4,6-7H2,1-2H3. The highest BCUT2D eigenvalue weighted by Crippen LogP contribution is 2.32. The predicted molar refractivity (Wildman–Crippen MR) is 86.0 cm³/mol. The van der Waals surface area contributed by atoms with Gasteiger partial charge in [0.2, 0.25) is 0 Å². The van der Waals surface area contributed by atoms with Gasteiger partial charge in [0.05, 0.1) is 11.3 Å². The molecule has 3 aromatic heterocycles. The van der Waals surface area contributed by atoms with Gasteiger partial charge in [-0.05, 0) is 31.7 Å². The van der Waals surface area contributed by atoms with E-state index >= 15 is 0 Å². The third kappa shape index (κ3) is 2.64. The van der Waals surface area contributed by atoms with E-state index in [4.69, 9.17) is 5.11 Å². The molecule has 0 radical (unpaired) electrons. The largest absolute Gasteiger partial charge is 0.396 e. The highest BCUT2D eigenvalue weighted by molar-refractivity contribution is 7.13. The molecule has 0 aliphatic carbocycles. The van der Waals surface area contributed by atoms with Crippen molar-refractivity contribution < 1.29 is 5.11 Å². The van der Waals surface area contributed by atoms with Crippen LogP contribution in [0, 0.1) is 13.8 Å². The van der Waals surface area contributed by atoms with E-state index in [2.05, 4.69) is 26.8 Å². The fraction of sp³-hybridized carbons (Fsp3) is 0.333. The maximum atomic E-state index is 8.91. The molecule has 3 heterocycles. The van der Waals surface area contributed by atoms with Crippen LogP contribution < -0.4 is 5.32 Å². The Morgan fingerprint density at radius 1 is 1.38 bits per heavy atom. The lowest BCUT2D eigenvalue weighted by Crippen LogP contribution is -2.09. The number of rotatable bonds is 5. The highest BCUT2D eigenvalue weighted by Gasteiger charge is 2.16. The number of aryl methyl sites for hydroxylation is 2. The number of nitrogens with one attached hydrogen (secondary N) is 1. The Morgan fingerprint density at radius 3 is 2.95 bits per heavy atom. The highest BCUT2D eigenvalue weighted by atomic mass is 32.1. The van der Waals surface area contributed by atoms with Gasteiger partial charge in [0.25, 0.3) is 0 Å². The van der Waals surface area contributed by atoms with Gasteiger partial charge in [0, 0.05) is 29.8 Å². The summed E-state index contributed by atoms with van der Waals surface area (Å²) in [5, 5.41) is 18.9. The molecule has 0 aliphatic heterocycles. The molecule has 0 atom stereocenters. The van der Waals surface area contributed by atoms with Crippen LogP contribution in [-0.4, -0.2) is 32.9 Å². The normalized spacial score (nSPS) is 11.2. The van der Waals surface area contributed by atoms with E-state index in [1.165, 1.54) is 4.88 Å². The molecular formula is C15H18N4OS. The van der Waals surface area contributed by atoms with Crippen LogP contribution in [0.25, 0.3) is 16.1 Å². The third-order valence-corrected chi connectivity index (χ3v) is 4.19. The summed E-state index contributed by atoms with van der Waals surface area (Å²) >= 11 is 1.70.